The highest BCUT2D eigenvalue weighted by atomic mass is 16.5. The zero-order chi connectivity index (χ0) is 16.9. The first-order chi connectivity index (χ1) is 11.7. The van der Waals surface area contributed by atoms with Crippen molar-refractivity contribution in [2.24, 2.45) is 0 Å². The van der Waals surface area contributed by atoms with Crippen molar-refractivity contribution in [2.45, 2.75) is 51.3 Å². The lowest BCUT2D eigenvalue weighted by atomic mass is 9.92. The van der Waals surface area contributed by atoms with E-state index in [2.05, 4.69) is 15.5 Å². The molecule has 2 aromatic rings. The molecule has 1 saturated carbocycles. The predicted octanol–water partition coefficient (Wildman–Crippen LogP) is 3.10. The van der Waals surface area contributed by atoms with Crippen LogP contribution in [0.15, 0.2) is 22.7 Å². The number of hydrogen-bond acceptors (Lipinski definition) is 6. The predicted molar refractivity (Wildman–Crippen MR) is 90.9 cm³/mol. The van der Waals surface area contributed by atoms with Gasteiger partial charge in [0.1, 0.15) is 5.75 Å². The van der Waals surface area contributed by atoms with Crippen LogP contribution in [0.25, 0.3) is 11.4 Å². The van der Waals surface area contributed by atoms with E-state index in [4.69, 9.17) is 14.0 Å². The van der Waals surface area contributed by atoms with Gasteiger partial charge < -0.3 is 19.3 Å². The Balaban J connectivity index is 1.65. The first kappa shape index (κ1) is 16.9. The standard InChI is InChI=1S/C18H25N3O3/c1-12-8-9-13(10-16(12)23-3)18-20-17(24-21-18)11-19-14-6-4-5-7-15(14)22-2/h8-10,14-15,19H,4-7,11H2,1-3H3/t14-,15-/m0/s1. The highest BCUT2D eigenvalue weighted by Crippen LogP contribution is 2.25. The van der Waals surface area contributed by atoms with Gasteiger partial charge in [-0.1, -0.05) is 30.1 Å². The Kier molecular flexibility index (Phi) is 5.48. The minimum absolute atomic E-state index is 0.266. The van der Waals surface area contributed by atoms with Crippen LogP contribution in [0.1, 0.15) is 37.1 Å². The number of rotatable bonds is 6. The molecule has 1 heterocycles. The second-order valence-corrected chi connectivity index (χ2v) is 6.24. The summed E-state index contributed by atoms with van der Waals surface area (Å²) in [6.07, 6.45) is 4.95. The maximum Gasteiger partial charge on any atom is 0.240 e. The van der Waals surface area contributed by atoms with Crippen molar-refractivity contribution >= 4 is 0 Å². The zero-order valence-electron chi connectivity index (χ0n) is 14.5. The van der Waals surface area contributed by atoms with Crippen LogP contribution in [-0.4, -0.2) is 36.5 Å². The summed E-state index contributed by atoms with van der Waals surface area (Å²) in [5.41, 5.74) is 1.97. The van der Waals surface area contributed by atoms with Gasteiger partial charge in [-0.15, -0.1) is 0 Å². The minimum Gasteiger partial charge on any atom is -0.496 e. The van der Waals surface area contributed by atoms with Gasteiger partial charge in [0, 0.05) is 18.7 Å². The lowest BCUT2D eigenvalue weighted by Crippen LogP contribution is -2.42. The molecular formula is C18H25N3O3. The van der Waals surface area contributed by atoms with Crippen molar-refractivity contribution in [1.29, 1.82) is 0 Å². The summed E-state index contributed by atoms with van der Waals surface area (Å²) in [6, 6.07) is 6.24. The Hall–Kier alpha value is -1.92. The molecule has 0 unspecified atom stereocenters. The molecule has 24 heavy (non-hydrogen) atoms. The Morgan fingerprint density at radius 2 is 2.08 bits per heavy atom. The Morgan fingerprint density at radius 1 is 1.25 bits per heavy atom. The van der Waals surface area contributed by atoms with Crippen LogP contribution < -0.4 is 10.1 Å². The Bertz CT molecular complexity index is 671. The van der Waals surface area contributed by atoms with Crippen LogP contribution in [-0.2, 0) is 11.3 Å². The first-order valence-corrected chi connectivity index (χ1v) is 8.45. The zero-order valence-corrected chi connectivity index (χ0v) is 14.5. The monoisotopic (exact) mass is 331 g/mol. The Labute approximate surface area is 142 Å². The van der Waals surface area contributed by atoms with E-state index in [0.29, 0.717) is 24.3 Å². The molecule has 0 radical (unpaired) electrons. The second kappa shape index (κ2) is 7.77. The van der Waals surface area contributed by atoms with Gasteiger partial charge in [-0.3, -0.25) is 0 Å². The lowest BCUT2D eigenvalue weighted by Gasteiger charge is -2.30. The van der Waals surface area contributed by atoms with Gasteiger partial charge in [-0.25, -0.2) is 0 Å². The number of nitrogens with zero attached hydrogens (tertiary/aromatic N) is 2. The molecule has 1 aliphatic carbocycles. The fourth-order valence-electron chi connectivity index (χ4n) is 3.23. The molecular weight excluding hydrogens is 306 g/mol. The maximum absolute atomic E-state index is 5.56. The van der Waals surface area contributed by atoms with Crippen molar-refractivity contribution in [3.8, 4) is 17.1 Å². The van der Waals surface area contributed by atoms with E-state index < -0.39 is 0 Å². The fourth-order valence-corrected chi connectivity index (χ4v) is 3.23. The smallest absolute Gasteiger partial charge is 0.240 e. The van der Waals surface area contributed by atoms with Crippen LogP contribution in [0.3, 0.4) is 0 Å². The molecule has 6 heteroatoms. The maximum atomic E-state index is 5.56. The molecule has 1 aromatic heterocycles. The second-order valence-electron chi connectivity index (χ2n) is 6.24. The largest absolute Gasteiger partial charge is 0.496 e. The van der Waals surface area contributed by atoms with E-state index in [1.54, 1.807) is 14.2 Å². The van der Waals surface area contributed by atoms with Crippen LogP contribution in [0.5, 0.6) is 5.75 Å². The van der Waals surface area contributed by atoms with Gasteiger partial charge in [0.15, 0.2) is 0 Å². The molecule has 1 aromatic carbocycles. The van der Waals surface area contributed by atoms with Crippen LogP contribution >= 0.6 is 0 Å². The molecule has 0 spiro atoms. The molecule has 6 nitrogen and oxygen atoms in total. The normalized spacial score (nSPS) is 21.0. The lowest BCUT2D eigenvalue weighted by molar-refractivity contribution is 0.0404. The Morgan fingerprint density at radius 3 is 2.88 bits per heavy atom. The molecule has 3 rings (SSSR count). The molecule has 0 saturated heterocycles. The summed E-state index contributed by atoms with van der Waals surface area (Å²) in [5.74, 6) is 1.99. The van der Waals surface area contributed by atoms with Crippen LogP contribution in [0.4, 0.5) is 0 Å². The highest BCUT2D eigenvalue weighted by Gasteiger charge is 2.24. The SMILES string of the molecule is COc1cc(-c2noc(CN[C@H]3CCCC[C@@H]3OC)n2)ccc1C. The molecule has 0 aliphatic heterocycles. The van der Waals surface area contributed by atoms with Crippen molar-refractivity contribution in [2.75, 3.05) is 14.2 Å². The van der Waals surface area contributed by atoms with Gasteiger partial charge in [-0.05, 0) is 31.4 Å². The van der Waals surface area contributed by atoms with E-state index in [9.17, 15) is 0 Å². The van der Waals surface area contributed by atoms with E-state index >= 15 is 0 Å². The fraction of sp³-hybridized carbons (Fsp3) is 0.556. The number of benzene rings is 1. The summed E-state index contributed by atoms with van der Waals surface area (Å²) in [6.45, 7) is 2.56. The molecule has 0 bridgehead atoms. The third-order valence-electron chi connectivity index (χ3n) is 4.66. The first-order valence-electron chi connectivity index (χ1n) is 8.45. The summed E-state index contributed by atoms with van der Waals surface area (Å²) >= 11 is 0. The molecule has 1 fully saturated rings. The summed E-state index contributed by atoms with van der Waals surface area (Å²) in [5, 5.41) is 7.57. The number of aryl methyl sites for hydroxylation is 1. The summed E-state index contributed by atoms with van der Waals surface area (Å²) in [4.78, 5) is 4.48. The van der Waals surface area contributed by atoms with Crippen molar-refractivity contribution in [1.82, 2.24) is 15.5 Å². The van der Waals surface area contributed by atoms with Gasteiger partial charge >= 0.3 is 0 Å². The third kappa shape index (κ3) is 3.76. The topological polar surface area (TPSA) is 69.4 Å². The van der Waals surface area contributed by atoms with Crippen LogP contribution in [0, 0.1) is 6.92 Å². The van der Waals surface area contributed by atoms with Gasteiger partial charge in [-0.2, -0.15) is 4.98 Å². The number of ether oxygens (including phenoxy) is 2. The van der Waals surface area contributed by atoms with Gasteiger partial charge in [0.25, 0.3) is 0 Å². The van der Waals surface area contributed by atoms with Crippen molar-refractivity contribution in [3.05, 3.63) is 29.7 Å². The summed E-state index contributed by atoms with van der Waals surface area (Å²) < 4.78 is 16.3. The molecule has 1 aliphatic rings. The van der Waals surface area contributed by atoms with E-state index in [-0.39, 0.29) is 6.10 Å². The average molecular weight is 331 g/mol. The van der Waals surface area contributed by atoms with Crippen LogP contribution in [0.2, 0.25) is 0 Å². The number of nitrogens with one attached hydrogen (secondary N) is 1. The third-order valence-corrected chi connectivity index (χ3v) is 4.66. The van der Waals surface area contributed by atoms with Crippen molar-refractivity contribution in [3.63, 3.8) is 0 Å². The number of hydrogen-bond donors (Lipinski definition) is 1. The molecule has 2 atom stereocenters. The number of aromatic nitrogens is 2. The quantitative estimate of drug-likeness (QED) is 0.877. The molecule has 1 N–H and O–H groups in total. The molecule has 0 amide bonds. The molecule has 130 valence electrons. The number of methoxy groups -OCH3 is 2. The van der Waals surface area contributed by atoms with E-state index in [1.807, 2.05) is 25.1 Å². The van der Waals surface area contributed by atoms with Gasteiger partial charge in [0.2, 0.25) is 11.7 Å². The minimum atomic E-state index is 0.266. The summed E-state index contributed by atoms with van der Waals surface area (Å²) in [7, 11) is 3.44. The van der Waals surface area contributed by atoms with E-state index in [0.717, 1.165) is 29.7 Å². The van der Waals surface area contributed by atoms with E-state index in [1.165, 1.54) is 12.8 Å². The van der Waals surface area contributed by atoms with Crippen molar-refractivity contribution < 1.29 is 14.0 Å². The average Bonchev–Trinajstić information content (AvgIpc) is 3.09. The highest BCUT2D eigenvalue weighted by molar-refractivity contribution is 5.58. The van der Waals surface area contributed by atoms with Gasteiger partial charge in [0.05, 0.1) is 19.8 Å².